The quantitative estimate of drug-likeness (QED) is 0.315. The predicted octanol–water partition coefficient (Wildman–Crippen LogP) is 1.85. The van der Waals surface area contributed by atoms with Gasteiger partial charge in [0.05, 0.1) is 27.4 Å². The number of benzene rings is 1. The predicted molar refractivity (Wildman–Crippen MR) is 105 cm³/mol. The van der Waals surface area contributed by atoms with Crippen molar-refractivity contribution in [1.82, 2.24) is 10.6 Å². The largest absolute Gasteiger partial charge is 0.493 e. The van der Waals surface area contributed by atoms with Gasteiger partial charge in [-0.2, -0.15) is 0 Å². The summed E-state index contributed by atoms with van der Waals surface area (Å²) in [7, 11) is 4.96. The summed E-state index contributed by atoms with van der Waals surface area (Å²) in [4.78, 5) is 4.56. The van der Waals surface area contributed by atoms with Crippen LogP contribution in [0.15, 0.2) is 23.2 Å². The molecule has 1 rings (SSSR count). The van der Waals surface area contributed by atoms with Gasteiger partial charge in [0.25, 0.3) is 0 Å². The van der Waals surface area contributed by atoms with Gasteiger partial charge in [-0.25, -0.2) is 0 Å². The van der Waals surface area contributed by atoms with Crippen molar-refractivity contribution in [2.75, 3.05) is 60.8 Å². The number of ether oxygens (including phenoxy) is 4. The molecule has 0 aliphatic rings. The SMILES string of the molecule is CCNC(=NCCCOCCOC)NCCc1ccc(OC)c(OC)c1. The topological polar surface area (TPSA) is 73.3 Å². The minimum absolute atomic E-state index is 0.629. The van der Waals surface area contributed by atoms with E-state index < -0.39 is 0 Å². The second-order valence-corrected chi connectivity index (χ2v) is 5.59. The minimum Gasteiger partial charge on any atom is -0.493 e. The Morgan fingerprint density at radius 2 is 1.81 bits per heavy atom. The Balaban J connectivity index is 2.37. The number of hydrogen-bond donors (Lipinski definition) is 2. The summed E-state index contributed by atoms with van der Waals surface area (Å²) < 4.78 is 21.0. The first-order valence-corrected chi connectivity index (χ1v) is 9.04. The van der Waals surface area contributed by atoms with E-state index in [1.807, 2.05) is 18.2 Å². The molecule has 0 aliphatic heterocycles. The summed E-state index contributed by atoms with van der Waals surface area (Å²) in [5.74, 6) is 2.32. The highest BCUT2D eigenvalue weighted by Crippen LogP contribution is 2.27. The summed E-state index contributed by atoms with van der Waals surface area (Å²) in [6.07, 6.45) is 1.75. The molecule has 7 heteroatoms. The molecule has 0 fully saturated rings. The van der Waals surface area contributed by atoms with Gasteiger partial charge >= 0.3 is 0 Å². The fraction of sp³-hybridized carbons (Fsp3) is 0.632. The lowest BCUT2D eigenvalue weighted by molar-refractivity contribution is 0.0702. The van der Waals surface area contributed by atoms with E-state index in [2.05, 4.69) is 22.5 Å². The molecule has 0 heterocycles. The molecule has 0 bridgehead atoms. The van der Waals surface area contributed by atoms with Gasteiger partial charge in [-0.15, -0.1) is 0 Å². The molecule has 0 spiro atoms. The maximum absolute atomic E-state index is 5.44. The van der Waals surface area contributed by atoms with Crippen LogP contribution in [0.5, 0.6) is 11.5 Å². The maximum Gasteiger partial charge on any atom is 0.191 e. The molecule has 0 radical (unpaired) electrons. The van der Waals surface area contributed by atoms with Crippen molar-refractivity contribution in [2.24, 2.45) is 4.99 Å². The average Bonchev–Trinajstić information content (AvgIpc) is 2.67. The van der Waals surface area contributed by atoms with E-state index in [4.69, 9.17) is 18.9 Å². The van der Waals surface area contributed by atoms with Crippen LogP contribution in [0.4, 0.5) is 0 Å². The zero-order chi connectivity index (χ0) is 19.0. The molecule has 1 aromatic carbocycles. The van der Waals surface area contributed by atoms with Gasteiger partial charge in [0.15, 0.2) is 17.5 Å². The van der Waals surface area contributed by atoms with E-state index in [9.17, 15) is 0 Å². The number of nitrogens with one attached hydrogen (secondary N) is 2. The fourth-order valence-corrected chi connectivity index (χ4v) is 2.30. The maximum atomic E-state index is 5.44. The standard InChI is InChI=1S/C19H33N3O4/c1-5-20-19(21-10-6-12-26-14-13-23-2)22-11-9-16-7-8-17(24-3)18(15-16)25-4/h7-8,15H,5-6,9-14H2,1-4H3,(H2,20,21,22). The molecule has 0 amide bonds. The lowest BCUT2D eigenvalue weighted by Crippen LogP contribution is -2.38. The molecule has 1 aromatic rings. The van der Waals surface area contributed by atoms with Crippen LogP contribution in [-0.4, -0.2) is 66.7 Å². The third-order valence-corrected chi connectivity index (χ3v) is 3.65. The van der Waals surface area contributed by atoms with Crippen LogP contribution in [-0.2, 0) is 15.9 Å². The van der Waals surface area contributed by atoms with Crippen molar-refractivity contribution in [3.8, 4) is 11.5 Å². The summed E-state index contributed by atoms with van der Waals surface area (Å²) in [5.41, 5.74) is 1.18. The van der Waals surface area contributed by atoms with Gasteiger partial charge in [0, 0.05) is 33.4 Å². The lowest BCUT2D eigenvalue weighted by Gasteiger charge is -2.12. The third-order valence-electron chi connectivity index (χ3n) is 3.65. The van der Waals surface area contributed by atoms with Crippen molar-refractivity contribution in [1.29, 1.82) is 0 Å². The molecule has 0 unspecified atom stereocenters. The minimum atomic E-state index is 0.629. The summed E-state index contributed by atoms with van der Waals surface area (Å²) in [5, 5.41) is 6.61. The normalized spacial score (nSPS) is 11.3. The van der Waals surface area contributed by atoms with E-state index >= 15 is 0 Å². The highest BCUT2D eigenvalue weighted by atomic mass is 16.5. The number of aliphatic imine (C=N–C) groups is 1. The first-order chi connectivity index (χ1) is 12.7. The van der Waals surface area contributed by atoms with Crippen molar-refractivity contribution < 1.29 is 18.9 Å². The summed E-state index contributed by atoms with van der Waals surface area (Å²) in [6.45, 7) is 6.33. The first kappa shape index (κ1) is 22.1. The molecule has 0 saturated heterocycles. The van der Waals surface area contributed by atoms with E-state index in [1.165, 1.54) is 5.56 Å². The summed E-state index contributed by atoms with van der Waals surface area (Å²) in [6, 6.07) is 5.98. The van der Waals surface area contributed by atoms with Gasteiger partial charge in [-0.1, -0.05) is 6.07 Å². The van der Waals surface area contributed by atoms with Crippen LogP contribution in [0.2, 0.25) is 0 Å². The molecular weight excluding hydrogens is 334 g/mol. The Morgan fingerprint density at radius 3 is 2.50 bits per heavy atom. The van der Waals surface area contributed by atoms with E-state index in [-0.39, 0.29) is 0 Å². The molecule has 0 aromatic heterocycles. The Labute approximate surface area is 157 Å². The van der Waals surface area contributed by atoms with Crippen LogP contribution < -0.4 is 20.1 Å². The zero-order valence-electron chi connectivity index (χ0n) is 16.5. The third kappa shape index (κ3) is 8.92. The highest BCUT2D eigenvalue weighted by Gasteiger charge is 2.05. The Hall–Kier alpha value is -1.99. The molecule has 148 valence electrons. The van der Waals surface area contributed by atoms with Crippen LogP contribution in [0.3, 0.4) is 0 Å². The van der Waals surface area contributed by atoms with Gasteiger partial charge in [-0.3, -0.25) is 4.99 Å². The molecule has 2 N–H and O–H groups in total. The van der Waals surface area contributed by atoms with Gasteiger partial charge in [0.1, 0.15) is 0 Å². The van der Waals surface area contributed by atoms with Gasteiger partial charge in [-0.05, 0) is 37.5 Å². The molecule has 0 aliphatic carbocycles. The fourth-order valence-electron chi connectivity index (χ4n) is 2.30. The number of rotatable bonds is 13. The van der Waals surface area contributed by atoms with Crippen LogP contribution >= 0.6 is 0 Å². The Kier molecular flexibility index (Phi) is 12.1. The second kappa shape index (κ2) is 14.2. The van der Waals surface area contributed by atoms with Crippen LogP contribution in [0.25, 0.3) is 0 Å². The van der Waals surface area contributed by atoms with Crippen molar-refractivity contribution >= 4 is 5.96 Å². The zero-order valence-corrected chi connectivity index (χ0v) is 16.5. The molecule has 7 nitrogen and oxygen atoms in total. The first-order valence-electron chi connectivity index (χ1n) is 9.04. The number of methoxy groups -OCH3 is 3. The van der Waals surface area contributed by atoms with E-state index in [0.717, 1.165) is 49.9 Å². The van der Waals surface area contributed by atoms with E-state index in [1.54, 1.807) is 21.3 Å². The molecule has 26 heavy (non-hydrogen) atoms. The second-order valence-electron chi connectivity index (χ2n) is 5.59. The average molecular weight is 367 g/mol. The number of hydrogen-bond acceptors (Lipinski definition) is 5. The van der Waals surface area contributed by atoms with Crippen LogP contribution in [0.1, 0.15) is 18.9 Å². The van der Waals surface area contributed by atoms with Crippen LogP contribution in [0, 0.1) is 0 Å². The number of nitrogens with zero attached hydrogens (tertiary/aromatic N) is 1. The Morgan fingerprint density at radius 1 is 1.00 bits per heavy atom. The van der Waals surface area contributed by atoms with Gasteiger partial charge < -0.3 is 29.6 Å². The Bertz CT molecular complexity index is 524. The smallest absolute Gasteiger partial charge is 0.191 e. The molecular formula is C19H33N3O4. The van der Waals surface area contributed by atoms with Crippen molar-refractivity contribution in [3.05, 3.63) is 23.8 Å². The highest BCUT2D eigenvalue weighted by molar-refractivity contribution is 5.79. The molecule has 0 atom stereocenters. The summed E-state index contributed by atoms with van der Waals surface area (Å²) >= 11 is 0. The molecule has 0 saturated carbocycles. The number of guanidine groups is 1. The van der Waals surface area contributed by atoms with Crippen molar-refractivity contribution in [2.45, 2.75) is 19.8 Å². The van der Waals surface area contributed by atoms with Gasteiger partial charge in [0.2, 0.25) is 0 Å². The monoisotopic (exact) mass is 367 g/mol. The lowest BCUT2D eigenvalue weighted by atomic mass is 10.1. The van der Waals surface area contributed by atoms with Crippen molar-refractivity contribution in [3.63, 3.8) is 0 Å². The van der Waals surface area contributed by atoms with E-state index in [0.29, 0.717) is 19.8 Å².